The van der Waals surface area contributed by atoms with Crippen LogP contribution in [-0.4, -0.2) is 33.0 Å². The quantitative estimate of drug-likeness (QED) is 0.858. The molecule has 2 rings (SSSR count). The average Bonchev–Trinajstić information content (AvgIpc) is 2.78. The van der Waals surface area contributed by atoms with Crippen LogP contribution in [-0.2, 0) is 9.84 Å². The van der Waals surface area contributed by atoms with Crippen LogP contribution in [0.25, 0.3) is 0 Å². The van der Waals surface area contributed by atoms with Gasteiger partial charge in [0.05, 0.1) is 16.3 Å². The number of nitrogen functional groups attached to an aromatic ring is 1. The summed E-state index contributed by atoms with van der Waals surface area (Å²) in [7, 11) is -3.44. The molecule has 0 amide bonds. The summed E-state index contributed by atoms with van der Waals surface area (Å²) in [6.45, 7) is 6.84. The standard InChI is InChI=1S/C14H22N2O3S2/c1-4-21(18,19)13-11(15)12(10(3)17)20-14(13)16-7-5-9(2)6-8-16/h9H,4-8,15H2,1-3H3. The van der Waals surface area contributed by atoms with E-state index in [0.29, 0.717) is 15.8 Å². The van der Waals surface area contributed by atoms with Crippen molar-refractivity contribution < 1.29 is 13.2 Å². The van der Waals surface area contributed by atoms with Gasteiger partial charge < -0.3 is 10.6 Å². The normalized spacial score (nSPS) is 17.2. The van der Waals surface area contributed by atoms with Gasteiger partial charge in [-0.15, -0.1) is 11.3 Å². The van der Waals surface area contributed by atoms with Crippen LogP contribution in [0.4, 0.5) is 10.7 Å². The van der Waals surface area contributed by atoms with Crippen molar-refractivity contribution in [3.05, 3.63) is 4.88 Å². The number of carbonyl (C=O) groups excluding carboxylic acids is 1. The number of piperidine rings is 1. The van der Waals surface area contributed by atoms with Crippen molar-refractivity contribution in [2.45, 2.75) is 38.5 Å². The Morgan fingerprint density at radius 2 is 1.95 bits per heavy atom. The Bertz CT molecular complexity index is 641. The SMILES string of the molecule is CCS(=O)(=O)c1c(N2CCC(C)CC2)sc(C(C)=O)c1N. The predicted molar refractivity (Wildman–Crippen MR) is 87.1 cm³/mol. The lowest BCUT2D eigenvalue weighted by atomic mass is 9.99. The molecule has 118 valence electrons. The van der Waals surface area contributed by atoms with Gasteiger partial charge >= 0.3 is 0 Å². The van der Waals surface area contributed by atoms with Crippen molar-refractivity contribution in [3.63, 3.8) is 0 Å². The van der Waals surface area contributed by atoms with Crippen LogP contribution in [0.3, 0.4) is 0 Å². The zero-order valence-electron chi connectivity index (χ0n) is 12.7. The van der Waals surface area contributed by atoms with Crippen LogP contribution < -0.4 is 10.6 Å². The fourth-order valence-electron chi connectivity index (χ4n) is 2.54. The molecule has 1 fully saturated rings. The highest BCUT2D eigenvalue weighted by atomic mass is 32.2. The molecule has 0 aromatic carbocycles. The molecule has 1 aromatic rings. The second kappa shape index (κ2) is 5.96. The van der Waals surface area contributed by atoms with E-state index in [1.54, 1.807) is 6.92 Å². The van der Waals surface area contributed by atoms with Crippen molar-refractivity contribution >= 4 is 37.6 Å². The molecule has 1 saturated heterocycles. The minimum atomic E-state index is -3.44. The first-order valence-electron chi connectivity index (χ1n) is 7.18. The number of carbonyl (C=O) groups is 1. The van der Waals surface area contributed by atoms with Crippen molar-refractivity contribution in [2.24, 2.45) is 5.92 Å². The lowest BCUT2D eigenvalue weighted by molar-refractivity contribution is 0.102. The third kappa shape index (κ3) is 3.08. The summed E-state index contributed by atoms with van der Waals surface area (Å²) >= 11 is 1.22. The third-order valence-electron chi connectivity index (χ3n) is 3.96. The summed E-state index contributed by atoms with van der Waals surface area (Å²) in [5, 5.41) is 0.645. The van der Waals surface area contributed by atoms with E-state index in [-0.39, 0.29) is 22.1 Å². The number of anilines is 2. The van der Waals surface area contributed by atoms with E-state index >= 15 is 0 Å². The maximum absolute atomic E-state index is 12.4. The van der Waals surface area contributed by atoms with Crippen LogP contribution in [0.2, 0.25) is 0 Å². The average molecular weight is 330 g/mol. The van der Waals surface area contributed by atoms with Gasteiger partial charge in [-0.2, -0.15) is 0 Å². The molecule has 0 spiro atoms. The highest BCUT2D eigenvalue weighted by Gasteiger charge is 2.31. The van der Waals surface area contributed by atoms with E-state index in [9.17, 15) is 13.2 Å². The molecule has 0 bridgehead atoms. The number of sulfone groups is 1. The third-order valence-corrected chi connectivity index (χ3v) is 7.26. The van der Waals surface area contributed by atoms with Crippen LogP contribution in [0.15, 0.2) is 4.90 Å². The summed E-state index contributed by atoms with van der Waals surface area (Å²) < 4.78 is 24.7. The lowest BCUT2D eigenvalue weighted by Crippen LogP contribution is -2.33. The van der Waals surface area contributed by atoms with E-state index in [0.717, 1.165) is 25.9 Å². The van der Waals surface area contributed by atoms with E-state index in [2.05, 4.69) is 11.8 Å². The Labute approximate surface area is 130 Å². The Kier molecular flexibility index (Phi) is 4.63. The van der Waals surface area contributed by atoms with Crippen molar-refractivity contribution in [1.82, 2.24) is 0 Å². The molecule has 0 aliphatic carbocycles. The first-order chi connectivity index (χ1) is 9.77. The maximum atomic E-state index is 12.4. The van der Waals surface area contributed by atoms with Crippen molar-refractivity contribution in [3.8, 4) is 0 Å². The molecular weight excluding hydrogens is 308 g/mol. The molecule has 1 aliphatic rings. The number of nitrogens with zero attached hydrogens (tertiary/aromatic N) is 1. The molecular formula is C14H22N2O3S2. The van der Waals surface area contributed by atoms with Gasteiger partial charge in [0.15, 0.2) is 15.6 Å². The number of thiophene rings is 1. The van der Waals surface area contributed by atoms with Gasteiger partial charge in [0, 0.05) is 20.0 Å². The summed E-state index contributed by atoms with van der Waals surface area (Å²) in [4.78, 5) is 14.3. The molecule has 1 aliphatic heterocycles. The Morgan fingerprint density at radius 3 is 2.43 bits per heavy atom. The Hall–Kier alpha value is -1.08. The smallest absolute Gasteiger partial charge is 0.183 e. The van der Waals surface area contributed by atoms with Gasteiger partial charge in [-0.05, 0) is 18.8 Å². The van der Waals surface area contributed by atoms with E-state index in [1.807, 2.05) is 0 Å². The van der Waals surface area contributed by atoms with E-state index in [4.69, 9.17) is 5.73 Å². The van der Waals surface area contributed by atoms with Crippen LogP contribution >= 0.6 is 11.3 Å². The van der Waals surface area contributed by atoms with Gasteiger partial charge in [-0.25, -0.2) is 8.42 Å². The molecule has 2 N–H and O–H groups in total. The summed E-state index contributed by atoms with van der Waals surface area (Å²) in [6.07, 6.45) is 2.05. The van der Waals surface area contributed by atoms with Gasteiger partial charge in [-0.3, -0.25) is 4.79 Å². The number of hydrogen-bond donors (Lipinski definition) is 1. The largest absolute Gasteiger partial charge is 0.396 e. The molecule has 0 atom stereocenters. The molecule has 2 heterocycles. The highest BCUT2D eigenvalue weighted by Crippen LogP contribution is 2.43. The fraction of sp³-hybridized carbons (Fsp3) is 0.643. The summed E-state index contributed by atoms with van der Waals surface area (Å²) in [5.74, 6) is 0.460. The zero-order chi connectivity index (χ0) is 15.8. The second-order valence-electron chi connectivity index (χ2n) is 5.61. The maximum Gasteiger partial charge on any atom is 0.183 e. The Balaban J connectivity index is 2.54. The summed E-state index contributed by atoms with van der Waals surface area (Å²) in [5.41, 5.74) is 6.11. The van der Waals surface area contributed by atoms with E-state index < -0.39 is 9.84 Å². The molecule has 7 heteroatoms. The van der Waals surface area contributed by atoms with Gasteiger partial charge in [0.1, 0.15) is 9.90 Å². The van der Waals surface area contributed by atoms with Gasteiger partial charge in [-0.1, -0.05) is 13.8 Å². The lowest BCUT2D eigenvalue weighted by Gasteiger charge is -2.31. The minimum absolute atomic E-state index is 0.0114. The highest BCUT2D eigenvalue weighted by molar-refractivity contribution is 7.92. The summed E-state index contributed by atoms with van der Waals surface area (Å²) in [6, 6.07) is 0. The predicted octanol–water partition coefficient (Wildman–Crippen LogP) is 2.56. The minimum Gasteiger partial charge on any atom is -0.396 e. The van der Waals surface area contributed by atoms with Crippen LogP contribution in [0, 0.1) is 5.92 Å². The molecule has 0 unspecified atom stereocenters. The molecule has 1 aromatic heterocycles. The molecule has 21 heavy (non-hydrogen) atoms. The fourth-order valence-corrected chi connectivity index (χ4v) is 5.30. The van der Waals surface area contributed by atoms with Gasteiger partial charge in [0.25, 0.3) is 0 Å². The topological polar surface area (TPSA) is 80.5 Å². The first-order valence-corrected chi connectivity index (χ1v) is 9.65. The monoisotopic (exact) mass is 330 g/mol. The number of ketones is 1. The Morgan fingerprint density at radius 1 is 1.38 bits per heavy atom. The van der Waals surface area contributed by atoms with Gasteiger partial charge in [0.2, 0.25) is 0 Å². The number of rotatable bonds is 4. The number of Topliss-reactive ketones (excluding diaryl/α,β-unsaturated/α-hetero) is 1. The van der Waals surface area contributed by atoms with E-state index in [1.165, 1.54) is 18.3 Å². The molecule has 5 nitrogen and oxygen atoms in total. The molecule has 0 radical (unpaired) electrons. The zero-order valence-corrected chi connectivity index (χ0v) is 14.3. The number of nitrogens with two attached hydrogens (primary N) is 1. The second-order valence-corrected chi connectivity index (χ2v) is 8.82. The van der Waals surface area contributed by atoms with Crippen molar-refractivity contribution in [1.29, 1.82) is 0 Å². The van der Waals surface area contributed by atoms with Crippen LogP contribution in [0.1, 0.15) is 43.3 Å². The van der Waals surface area contributed by atoms with Crippen LogP contribution in [0.5, 0.6) is 0 Å². The number of hydrogen-bond acceptors (Lipinski definition) is 6. The first kappa shape index (κ1) is 16.3. The van der Waals surface area contributed by atoms with Crippen molar-refractivity contribution in [2.75, 3.05) is 29.5 Å². The molecule has 0 saturated carbocycles.